The Hall–Kier alpha value is -6.75. The lowest BCUT2D eigenvalue weighted by atomic mass is 9.53. The molecule has 22 nitrogen and oxygen atoms in total. The molecule has 2 fully saturated rings. The van der Waals surface area contributed by atoms with Crippen LogP contribution in [0.3, 0.4) is 0 Å². The van der Waals surface area contributed by atoms with Gasteiger partial charge in [0.1, 0.15) is 42.4 Å². The van der Waals surface area contributed by atoms with Crippen LogP contribution in [-0.4, -0.2) is 166 Å². The Bertz CT molecular complexity index is 2770. The zero-order valence-electron chi connectivity index (χ0n) is 47.4. The van der Waals surface area contributed by atoms with Crippen molar-refractivity contribution in [3.8, 4) is 11.5 Å². The van der Waals surface area contributed by atoms with Gasteiger partial charge >= 0.3 is 5.97 Å². The lowest BCUT2D eigenvalue weighted by Gasteiger charge is -2.56. The van der Waals surface area contributed by atoms with Gasteiger partial charge < -0.3 is 78.6 Å². The predicted molar refractivity (Wildman–Crippen MR) is 304 cm³/mol. The number of phenolic OH excluding ortho intramolecular Hbond substituents is 1. The van der Waals surface area contributed by atoms with E-state index in [-0.39, 0.29) is 54.4 Å². The highest BCUT2D eigenvalue weighted by Gasteiger charge is 2.64. The highest BCUT2D eigenvalue weighted by Crippen LogP contribution is 2.62. The van der Waals surface area contributed by atoms with Crippen LogP contribution >= 0.6 is 0 Å². The van der Waals surface area contributed by atoms with Crippen LogP contribution in [0.2, 0.25) is 0 Å². The first-order valence-corrected chi connectivity index (χ1v) is 28.3. The zero-order chi connectivity index (χ0) is 58.2. The number of nitrogens with zero attached hydrogens (tertiary/aromatic N) is 3. The molecule has 5 aliphatic rings. The van der Waals surface area contributed by atoms with Gasteiger partial charge in [-0.3, -0.25) is 29.0 Å². The van der Waals surface area contributed by atoms with Gasteiger partial charge in [0.15, 0.2) is 17.5 Å². The van der Waals surface area contributed by atoms with E-state index in [0.717, 1.165) is 35.9 Å². The number of aromatic hydroxyl groups is 1. The normalized spacial score (nSPS) is 23.5. The quantitative estimate of drug-likeness (QED) is 0.0279. The molecule has 3 aromatic rings. The summed E-state index contributed by atoms with van der Waals surface area (Å²) in [5.74, 6) is -2.73. The van der Waals surface area contributed by atoms with E-state index in [1.165, 1.54) is 16.0 Å². The SMILES string of the molecule is CN1CC[C@]23c4c5ccc(O)c4O[C@H]2[C@@H](O)C=C[C@H]3[C@H]1C5.CN[C@@H](CCCN=C(N)N)C(=O)N[C@@H](CCCCN)C(=O)N1CCC[C@H]1C(=O)N[C@@H](Cc1cccc2[nH]ccc12)C(=O)N[C@H](C(=O)N[C@@H](CC(C)C)C(=O)O)C(C)(C)C. The van der Waals surface area contributed by atoms with Crippen molar-refractivity contribution < 1.29 is 48.8 Å². The van der Waals surface area contributed by atoms with Crippen molar-refractivity contribution in [3.05, 3.63) is 71.4 Å². The van der Waals surface area contributed by atoms with Gasteiger partial charge in [-0.05, 0) is 132 Å². The van der Waals surface area contributed by atoms with Crippen LogP contribution in [0.15, 0.2) is 59.7 Å². The molecule has 2 saturated heterocycles. The summed E-state index contributed by atoms with van der Waals surface area (Å²) in [7, 11) is 3.84. The number of guanidine groups is 1. The number of aliphatic imine (C=N–C) groups is 1. The Balaban J connectivity index is 0.000000358. The minimum absolute atomic E-state index is 0.0208. The van der Waals surface area contributed by atoms with E-state index in [0.29, 0.717) is 75.7 Å². The van der Waals surface area contributed by atoms with Crippen LogP contribution in [0, 0.1) is 17.3 Å². The van der Waals surface area contributed by atoms with Gasteiger partial charge in [-0.2, -0.15) is 0 Å². The summed E-state index contributed by atoms with van der Waals surface area (Å²) in [6.45, 7) is 11.0. The highest BCUT2D eigenvalue weighted by molar-refractivity contribution is 5.97. The Morgan fingerprint density at radius 2 is 1.62 bits per heavy atom. The van der Waals surface area contributed by atoms with Crippen LogP contribution < -0.4 is 48.5 Å². The molecular formula is C58H86N12O10. The zero-order valence-corrected chi connectivity index (χ0v) is 47.4. The number of carboxylic acids is 1. The van der Waals surface area contributed by atoms with Crippen molar-refractivity contribution >= 4 is 52.4 Å². The fraction of sp³-hybridized carbons (Fsp3) is 0.603. The maximum Gasteiger partial charge on any atom is 0.326 e. The number of fused-ring (bicyclic) bond motifs is 1. The van der Waals surface area contributed by atoms with Crippen molar-refractivity contribution in [3.63, 3.8) is 0 Å². The molecule has 1 spiro atoms. The van der Waals surface area contributed by atoms with Gasteiger partial charge in [-0.1, -0.05) is 65.0 Å². The number of rotatable bonds is 23. The molecule has 2 aromatic carbocycles. The van der Waals surface area contributed by atoms with E-state index in [4.69, 9.17) is 21.9 Å². The Kier molecular flexibility index (Phi) is 20.0. The third kappa shape index (κ3) is 13.5. The minimum Gasteiger partial charge on any atom is -0.504 e. The summed E-state index contributed by atoms with van der Waals surface area (Å²) >= 11 is 0. The number of carbonyl (C=O) groups is 6. The Labute approximate surface area is 468 Å². The van der Waals surface area contributed by atoms with Gasteiger partial charge in [0, 0.05) is 59.5 Å². The van der Waals surface area contributed by atoms with Gasteiger partial charge in [0.25, 0.3) is 0 Å². The molecule has 2 bridgehead atoms. The van der Waals surface area contributed by atoms with E-state index >= 15 is 0 Å². The van der Waals surface area contributed by atoms with Crippen LogP contribution in [0.4, 0.5) is 0 Å². The first-order valence-electron chi connectivity index (χ1n) is 28.3. The summed E-state index contributed by atoms with van der Waals surface area (Å²) in [6.07, 6.45) is 10.5. The summed E-state index contributed by atoms with van der Waals surface area (Å²) < 4.78 is 6.09. The molecule has 0 saturated carbocycles. The molecule has 80 heavy (non-hydrogen) atoms. The van der Waals surface area contributed by atoms with Crippen LogP contribution in [0.25, 0.3) is 10.9 Å². The average molecular weight is 1110 g/mol. The van der Waals surface area contributed by atoms with Gasteiger partial charge in [-0.25, -0.2) is 4.79 Å². The van der Waals surface area contributed by atoms with Crippen molar-refractivity contribution in [1.82, 2.24) is 41.4 Å². The van der Waals surface area contributed by atoms with Crippen LogP contribution in [0.1, 0.15) is 109 Å². The number of aliphatic hydroxyl groups is 1. The minimum atomic E-state index is -1.19. The first-order chi connectivity index (χ1) is 38.0. The monoisotopic (exact) mass is 1110 g/mol. The number of aliphatic hydroxyl groups excluding tert-OH is 1. The maximum atomic E-state index is 14.3. The number of nitrogens with one attached hydrogen (secondary N) is 6. The summed E-state index contributed by atoms with van der Waals surface area (Å²) in [5, 5.41) is 45.5. The number of ether oxygens (including phenoxy) is 1. The number of hydrogen-bond donors (Lipinski definition) is 12. The van der Waals surface area contributed by atoms with Crippen molar-refractivity contribution in [2.24, 2.45) is 39.4 Å². The molecule has 0 unspecified atom stereocenters. The summed E-state index contributed by atoms with van der Waals surface area (Å²) in [4.78, 5) is 93.1. The molecule has 15 N–H and O–H groups in total. The largest absolute Gasteiger partial charge is 0.504 e. The number of carboxylic acid groups (broad SMARTS) is 1. The molecule has 22 heteroatoms. The van der Waals surface area contributed by atoms with Crippen LogP contribution in [-0.2, 0) is 47.0 Å². The number of benzene rings is 2. The molecule has 4 heterocycles. The number of H-pyrrole nitrogens is 1. The molecular weight excluding hydrogens is 1020 g/mol. The molecule has 11 atom stereocenters. The Morgan fingerprint density at radius 3 is 2.31 bits per heavy atom. The fourth-order valence-electron chi connectivity index (χ4n) is 12.6. The molecule has 438 valence electrons. The van der Waals surface area contributed by atoms with Crippen molar-refractivity contribution in [1.29, 1.82) is 0 Å². The number of amides is 5. The number of piperidine rings is 1. The van der Waals surface area contributed by atoms with Crippen LogP contribution in [0.5, 0.6) is 11.5 Å². The molecule has 0 radical (unpaired) electrons. The smallest absolute Gasteiger partial charge is 0.326 e. The molecule has 2 aliphatic carbocycles. The molecule has 8 rings (SSSR count). The van der Waals surface area contributed by atoms with Gasteiger partial charge in [0.05, 0.1) is 6.04 Å². The topological polar surface area (TPSA) is 345 Å². The predicted octanol–water partition coefficient (Wildman–Crippen LogP) is 1.79. The number of phenols is 1. The van der Waals surface area contributed by atoms with Crippen molar-refractivity contribution in [2.45, 2.75) is 165 Å². The number of likely N-dealkylation sites (tertiary alicyclic amines) is 2. The van der Waals surface area contributed by atoms with E-state index < -0.39 is 77.4 Å². The number of likely N-dealkylation sites (N-methyl/N-ethyl adjacent to an activating group) is 2. The van der Waals surface area contributed by atoms with Crippen molar-refractivity contribution in [2.75, 3.05) is 40.3 Å². The lowest BCUT2D eigenvalue weighted by Crippen LogP contribution is -2.64. The van der Waals surface area contributed by atoms with Gasteiger partial charge in [-0.15, -0.1) is 0 Å². The highest BCUT2D eigenvalue weighted by atomic mass is 16.5. The lowest BCUT2D eigenvalue weighted by molar-refractivity contribution is -0.143. The Morgan fingerprint density at radius 1 is 0.900 bits per heavy atom. The maximum absolute atomic E-state index is 14.3. The second kappa shape index (κ2) is 26.2. The molecule has 5 amide bonds. The molecule has 1 aromatic heterocycles. The standard InChI is InChI=1S/C41H67N11O7.C17H19NO3/c1-24(2)22-31(39(58)59)50-37(56)33(41(3,4)5)51-35(54)30(23-25-12-9-14-27-26(25)17-20-46-27)49-36(55)32-16-11-21-52(32)38(57)29(13-7-8-18-42)48-34(53)28(45-6)15-10-19-47-40(43)44;1-18-7-6-17-10-3-5-13(20)16(17)21-15-12(19)4-2-9(14(15)17)8-11(10)18/h9,12,14,17,20,24,28-33,45-46H,7-8,10-11,13,15-16,18-19,21-23,42H2,1-6H3,(H,48,53)(H,49,55)(H,50,56)(H,51,54)(H,58,59)(H4,43,44,47);2-5,10-11,13,16,19-20H,6-8H2,1H3/t28-,29-,30-,31-,32-,33+;10-,11+,13-,16-,17-/m00/s1. The van der Waals surface area contributed by atoms with E-state index in [1.807, 2.05) is 50.3 Å². The van der Waals surface area contributed by atoms with E-state index in [9.17, 15) is 44.1 Å². The fourth-order valence-corrected chi connectivity index (χ4v) is 12.6. The number of unbranched alkanes of at least 4 members (excludes halogenated alkanes) is 1. The summed E-state index contributed by atoms with van der Waals surface area (Å²) in [6, 6.07) is 5.63. The number of aliphatic carboxylic acids is 1. The van der Waals surface area contributed by atoms with Gasteiger partial charge in [0.2, 0.25) is 29.5 Å². The average Bonchev–Trinajstić information content (AvgIpc) is 4.33. The number of carbonyl (C=O) groups excluding carboxylic acids is 5. The first kappa shape index (κ1) is 60.9. The second-order valence-corrected chi connectivity index (χ2v) is 23.7. The molecule has 3 aliphatic heterocycles. The number of nitrogens with two attached hydrogens (primary N) is 3. The van der Waals surface area contributed by atoms with E-state index in [2.05, 4.69) is 54.6 Å². The number of hydrogen-bond acceptors (Lipinski definition) is 13. The third-order valence-corrected chi connectivity index (χ3v) is 16.6. The third-order valence-electron chi connectivity index (χ3n) is 16.6. The second-order valence-electron chi connectivity index (χ2n) is 23.7. The number of aromatic amines is 1. The van der Waals surface area contributed by atoms with E-state index in [1.54, 1.807) is 40.1 Å². The number of aromatic nitrogens is 1. The summed E-state index contributed by atoms with van der Waals surface area (Å²) in [5.41, 5.74) is 19.6.